The zero-order chi connectivity index (χ0) is 18.7. The number of imide groups is 1. The smallest absolute Gasteiger partial charge is 0.325 e. The summed E-state index contributed by atoms with van der Waals surface area (Å²) in [6.07, 6.45) is 0.435. The number of hydrogen-bond donors (Lipinski definition) is 1. The van der Waals surface area contributed by atoms with Gasteiger partial charge in [-0.05, 0) is 42.3 Å². The topological polar surface area (TPSA) is 58.6 Å². The largest absolute Gasteiger partial charge is 0.492 e. The van der Waals surface area contributed by atoms with Gasteiger partial charge in [0.15, 0.2) is 0 Å². The van der Waals surface area contributed by atoms with Gasteiger partial charge >= 0.3 is 6.03 Å². The number of carbonyl (C=O) groups is 2. The predicted molar refractivity (Wildman–Crippen MR) is 101 cm³/mol. The number of ether oxygens (including phenoxy) is 1. The van der Waals surface area contributed by atoms with Gasteiger partial charge in [0.05, 0.1) is 6.54 Å². The number of amides is 3. The fourth-order valence-corrected chi connectivity index (χ4v) is 3.32. The molecular formula is C19H18Cl2N2O3. The fraction of sp³-hybridized carbons (Fsp3) is 0.263. The van der Waals surface area contributed by atoms with Crippen LogP contribution in [0, 0.1) is 0 Å². The van der Waals surface area contributed by atoms with Crippen LogP contribution in [0.5, 0.6) is 5.75 Å². The second kappa shape index (κ2) is 7.56. The van der Waals surface area contributed by atoms with Crippen molar-refractivity contribution >= 4 is 35.1 Å². The average molecular weight is 393 g/mol. The number of nitrogens with zero attached hydrogens (tertiary/aromatic N) is 1. The minimum atomic E-state index is -1.07. The molecule has 136 valence electrons. The monoisotopic (exact) mass is 392 g/mol. The molecule has 2 aromatic rings. The standard InChI is InChI=1S/C19H18Cl2N2O3/c1-2-19(13-6-8-14(20)9-7-13)17(24)23(18(25)22-19)10-11-26-16-5-3-4-15(21)12-16/h3-9,12H,2,10-11H2,1H3,(H,22,25). The summed E-state index contributed by atoms with van der Waals surface area (Å²) in [5.41, 5.74) is -0.362. The van der Waals surface area contributed by atoms with Crippen LogP contribution in [0.3, 0.4) is 0 Å². The van der Waals surface area contributed by atoms with Crippen molar-refractivity contribution in [3.63, 3.8) is 0 Å². The Bertz CT molecular complexity index is 826. The van der Waals surface area contributed by atoms with Gasteiger partial charge in [0.25, 0.3) is 5.91 Å². The third kappa shape index (κ3) is 3.50. The van der Waals surface area contributed by atoms with Gasteiger partial charge in [-0.3, -0.25) is 9.69 Å². The van der Waals surface area contributed by atoms with Crippen molar-refractivity contribution in [1.29, 1.82) is 0 Å². The number of halogens is 2. The Morgan fingerprint density at radius 1 is 1.08 bits per heavy atom. The van der Waals surface area contributed by atoms with Crippen LogP contribution in [0.1, 0.15) is 18.9 Å². The van der Waals surface area contributed by atoms with E-state index in [1.54, 1.807) is 48.5 Å². The lowest BCUT2D eigenvalue weighted by molar-refractivity contribution is -0.132. The Balaban J connectivity index is 1.72. The van der Waals surface area contributed by atoms with Crippen LogP contribution in [-0.2, 0) is 10.3 Å². The van der Waals surface area contributed by atoms with E-state index >= 15 is 0 Å². The highest BCUT2D eigenvalue weighted by molar-refractivity contribution is 6.30. The third-order valence-corrected chi connectivity index (χ3v) is 4.91. The van der Waals surface area contributed by atoms with Crippen molar-refractivity contribution in [1.82, 2.24) is 10.2 Å². The van der Waals surface area contributed by atoms with E-state index in [0.29, 0.717) is 27.8 Å². The molecule has 1 saturated heterocycles. The summed E-state index contributed by atoms with van der Waals surface area (Å²) in [6.45, 7) is 2.19. The van der Waals surface area contributed by atoms with E-state index in [4.69, 9.17) is 27.9 Å². The molecule has 0 aliphatic carbocycles. The molecule has 5 nitrogen and oxygen atoms in total. The molecule has 2 aromatic carbocycles. The van der Waals surface area contributed by atoms with Crippen molar-refractivity contribution in [3.05, 3.63) is 64.1 Å². The van der Waals surface area contributed by atoms with Crippen LogP contribution >= 0.6 is 23.2 Å². The molecule has 0 spiro atoms. The molecule has 26 heavy (non-hydrogen) atoms. The minimum absolute atomic E-state index is 0.145. The lowest BCUT2D eigenvalue weighted by Gasteiger charge is -2.25. The second-order valence-corrected chi connectivity index (χ2v) is 6.83. The van der Waals surface area contributed by atoms with E-state index in [9.17, 15) is 9.59 Å². The molecule has 1 heterocycles. The van der Waals surface area contributed by atoms with Crippen molar-refractivity contribution in [2.45, 2.75) is 18.9 Å². The summed E-state index contributed by atoms with van der Waals surface area (Å²) in [5, 5.41) is 3.96. The quantitative estimate of drug-likeness (QED) is 0.748. The Morgan fingerprint density at radius 3 is 2.46 bits per heavy atom. The lowest BCUT2D eigenvalue weighted by atomic mass is 9.87. The van der Waals surface area contributed by atoms with Crippen molar-refractivity contribution < 1.29 is 14.3 Å². The van der Waals surface area contributed by atoms with Crippen LogP contribution in [0.2, 0.25) is 10.0 Å². The Morgan fingerprint density at radius 2 is 1.81 bits per heavy atom. The molecule has 1 aliphatic rings. The molecule has 0 saturated carbocycles. The Hall–Kier alpha value is -2.24. The fourth-order valence-electron chi connectivity index (χ4n) is 3.01. The van der Waals surface area contributed by atoms with Crippen molar-refractivity contribution in [2.75, 3.05) is 13.2 Å². The molecule has 1 N–H and O–H groups in total. The molecule has 1 fully saturated rings. The summed E-state index contributed by atoms with van der Waals surface area (Å²) in [7, 11) is 0. The minimum Gasteiger partial charge on any atom is -0.492 e. The number of nitrogens with one attached hydrogen (secondary N) is 1. The summed E-state index contributed by atoms with van der Waals surface area (Å²) in [5.74, 6) is 0.297. The summed E-state index contributed by atoms with van der Waals surface area (Å²) >= 11 is 11.8. The van der Waals surface area contributed by atoms with Crippen molar-refractivity contribution in [2.24, 2.45) is 0 Å². The van der Waals surface area contributed by atoms with Gasteiger partial charge in [-0.25, -0.2) is 4.79 Å². The number of benzene rings is 2. The number of carbonyl (C=O) groups excluding carboxylic acids is 2. The number of urea groups is 1. The molecule has 1 atom stereocenters. The molecule has 3 rings (SSSR count). The van der Waals surface area contributed by atoms with Gasteiger partial charge in [-0.1, -0.05) is 48.3 Å². The lowest BCUT2D eigenvalue weighted by Crippen LogP contribution is -2.43. The first-order valence-electron chi connectivity index (χ1n) is 8.25. The molecule has 0 bridgehead atoms. The normalized spacial score (nSPS) is 19.6. The third-order valence-electron chi connectivity index (χ3n) is 4.42. The first-order valence-corrected chi connectivity index (χ1v) is 9.00. The zero-order valence-corrected chi connectivity index (χ0v) is 15.7. The highest BCUT2D eigenvalue weighted by Gasteiger charge is 2.50. The van der Waals surface area contributed by atoms with Crippen molar-refractivity contribution in [3.8, 4) is 5.75 Å². The van der Waals surface area contributed by atoms with Crippen LogP contribution < -0.4 is 10.1 Å². The van der Waals surface area contributed by atoms with Gasteiger partial charge in [0, 0.05) is 10.0 Å². The molecule has 1 aliphatic heterocycles. The van der Waals surface area contributed by atoms with Crippen LogP contribution in [-0.4, -0.2) is 30.0 Å². The summed E-state index contributed by atoms with van der Waals surface area (Å²) < 4.78 is 5.59. The van der Waals surface area contributed by atoms with E-state index in [-0.39, 0.29) is 19.1 Å². The Kier molecular flexibility index (Phi) is 5.39. The maximum absolute atomic E-state index is 13.0. The van der Waals surface area contributed by atoms with E-state index in [0.717, 1.165) is 0 Å². The first-order chi connectivity index (χ1) is 12.5. The van der Waals surface area contributed by atoms with E-state index < -0.39 is 11.6 Å². The average Bonchev–Trinajstić information content (AvgIpc) is 2.87. The van der Waals surface area contributed by atoms with Gasteiger partial charge in [0.1, 0.15) is 17.9 Å². The maximum atomic E-state index is 13.0. The summed E-state index contributed by atoms with van der Waals surface area (Å²) in [4.78, 5) is 26.6. The van der Waals surface area contributed by atoms with E-state index in [1.165, 1.54) is 4.90 Å². The van der Waals surface area contributed by atoms with E-state index in [1.807, 2.05) is 6.92 Å². The van der Waals surface area contributed by atoms with E-state index in [2.05, 4.69) is 5.32 Å². The summed E-state index contributed by atoms with van der Waals surface area (Å²) in [6, 6.07) is 13.5. The molecule has 7 heteroatoms. The first kappa shape index (κ1) is 18.5. The predicted octanol–water partition coefficient (Wildman–Crippen LogP) is 4.23. The SMILES string of the molecule is CCC1(c2ccc(Cl)cc2)NC(=O)N(CCOc2cccc(Cl)c2)C1=O. The van der Waals surface area contributed by atoms with Gasteiger partial charge < -0.3 is 10.1 Å². The number of hydrogen-bond acceptors (Lipinski definition) is 3. The second-order valence-electron chi connectivity index (χ2n) is 5.96. The Labute approximate surface area is 161 Å². The molecule has 1 unspecified atom stereocenters. The van der Waals surface area contributed by atoms with Crippen LogP contribution in [0.4, 0.5) is 4.79 Å². The van der Waals surface area contributed by atoms with Gasteiger partial charge in [0.2, 0.25) is 0 Å². The highest BCUT2D eigenvalue weighted by atomic mass is 35.5. The zero-order valence-electron chi connectivity index (χ0n) is 14.2. The molecule has 3 amide bonds. The van der Waals surface area contributed by atoms with Crippen LogP contribution in [0.25, 0.3) is 0 Å². The number of rotatable bonds is 6. The van der Waals surface area contributed by atoms with Gasteiger partial charge in [-0.15, -0.1) is 0 Å². The molecular weight excluding hydrogens is 375 g/mol. The van der Waals surface area contributed by atoms with Gasteiger partial charge in [-0.2, -0.15) is 0 Å². The molecule has 0 aromatic heterocycles. The highest BCUT2D eigenvalue weighted by Crippen LogP contribution is 2.33. The molecule has 0 radical (unpaired) electrons. The maximum Gasteiger partial charge on any atom is 0.325 e. The van der Waals surface area contributed by atoms with Crippen LogP contribution in [0.15, 0.2) is 48.5 Å².